The van der Waals surface area contributed by atoms with Gasteiger partial charge in [-0.1, -0.05) is 12.1 Å². The van der Waals surface area contributed by atoms with E-state index in [9.17, 15) is 9.59 Å². The molecule has 8 heteroatoms. The van der Waals surface area contributed by atoms with Crippen molar-refractivity contribution in [2.45, 2.75) is 20.0 Å². The van der Waals surface area contributed by atoms with Gasteiger partial charge in [-0.15, -0.1) is 0 Å². The van der Waals surface area contributed by atoms with E-state index in [2.05, 4.69) is 15.3 Å². The van der Waals surface area contributed by atoms with Crippen molar-refractivity contribution in [3.8, 4) is 5.75 Å². The minimum absolute atomic E-state index is 0.0421. The van der Waals surface area contributed by atoms with Crippen molar-refractivity contribution in [2.24, 2.45) is 0 Å². The molecule has 0 aliphatic carbocycles. The van der Waals surface area contributed by atoms with Crippen LogP contribution in [0.5, 0.6) is 5.75 Å². The number of ether oxygens (including phenoxy) is 1. The number of aromatic nitrogens is 2. The van der Waals surface area contributed by atoms with Crippen molar-refractivity contribution in [2.75, 3.05) is 31.5 Å². The summed E-state index contributed by atoms with van der Waals surface area (Å²) in [5.74, 6) is 1.06. The van der Waals surface area contributed by atoms with E-state index in [0.29, 0.717) is 43.4 Å². The van der Waals surface area contributed by atoms with Crippen molar-refractivity contribution in [3.05, 3.63) is 42.4 Å². The fourth-order valence-electron chi connectivity index (χ4n) is 2.80. The van der Waals surface area contributed by atoms with Gasteiger partial charge < -0.3 is 19.9 Å². The molecule has 1 N–H and O–H groups in total. The Kier molecular flexibility index (Phi) is 5.85. The lowest BCUT2D eigenvalue weighted by Crippen LogP contribution is -2.48. The molecule has 0 spiro atoms. The van der Waals surface area contributed by atoms with Gasteiger partial charge in [-0.05, 0) is 26.0 Å². The molecule has 1 saturated heterocycles. The summed E-state index contributed by atoms with van der Waals surface area (Å²) in [5, 5.41) is 3.19. The molecule has 0 atom stereocenters. The van der Waals surface area contributed by atoms with Gasteiger partial charge in [-0.2, -0.15) is 0 Å². The number of benzene rings is 1. The van der Waals surface area contributed by atoms with Crippen LogP contribution < -0.4 is 10.1 Å². The van der Waals surface area contributed by atoms with Gasteiger partial charge in [0.25, 0.3) is 5.91 Å². The molecule has 1 aromatic carbocycles. The molecular formula is C19H23N5O3. The van der Waals surface area contributed by atoms with Crippen LogP contribution in [0.2, 0.25) is 0 Å². The van der Waals surface area contributed by atoms with Crippen molar-refractivity contribution < 1.29 is 14.3 Å². The average molecular weight is 369 g/mol. The predicted octanol–water partition coefficient (Wildman–Crippen LogP) is 1.92. The molecule has 1 aliphatic rings. The van der Waals surface area contributed by atoms with Gasteiger partial charge in [0.15, 0.2) is 0 Å². The Hall–Kier alpha value is -3.16. The molecule has 3 rings (SSSR count). The third kappa shape index (κ3) is 4.72. The number of nitrogens with zero attached hydrogens (tertiary/aromatic N) is 4. The Balaban J connectivity index is 1.73. The number of piperazine rings is 1. The third-order valence-electron chi connectivity index (χ3n) is 4.15. The first kappa shape index (κ1) is 18.6. The van der Waals surface area contributed by atoms with Gasteiger partial charge in [0.05, 0.1) is 11.8 Å². The summed E-state index contributed by atoms with van der Waals surface area (Å²) in [5.41, 5.74) is 1.08. The van der Waals surface area contributed by atoms with Gasteiger partial charge in [0.2, 0.25) is 6.41 Å². The first-order valence-corrected chi connectivity index (χ1v) is 8.90. The monoisotopic (exact) mass is 369 g/mol. The Morgan fingerprint density at radius 1 is 1.19 bits per heavy atom. The number of hydrogen-bond acceptors (Lipinski definition) is 6. The molecule has 1 aliphatic heterocycles. The normalized spacial score (nSPS) is 14.2. The average Bonchev–Trinajstić information content (AvgIpc) is 2.69. The third-order valence-corrected chi connectivity index (χ3v) is 4.15. The lowest BCUT2D eigenvalue weighted by Gasteiger charge is -2.32. The Bertz CT molecular complexity index is 803. The van der Waals surface area contributed by atoms with Crippen LogP contribution in [0.15, 0.2) is 36.7 Å². The lowest BCUT2D eigenvalue weighted by molar-refractivity contribution is -0.119. The lowest BCUT2D eigenvalue weighted by atomic mass is 10.2. The summed E-state index contributed by atoms with van der Waals surface area (Å²) in [4.78, 5) is 35.2. The van der Waals surface area contributed by atoms with E-state index < -0.39 is 0 Å². The summed E-state index contributed by atoms with van der Waals surface area (Å²) in [6.07, 6.45) is 2.22. The number of carbonyl (C=O) groups is 2. The second kappa shape index (κ2) is 8.48. The second-order valence-electron chi connectivity index (χ2n) is 6.51. The second-order valence-corrected chi connectivity index (χ2v) is 6.51. The number of amides is 2. The Morgan fingerprint density at radius 2 is 1.93 bits per heavy atom. The Morgan fingerprint density at radius 3 is 2.63 bits per heavy atom. The first-order chi connectivity index (χ1) is 13.1. The molecule has 27 heavy (non-hydrogen) atoms. The molecule has 2 amide bonds. The van der Waals surface area contributed by atoms with Crippen LogP contribution in [0.3, 0.4) is 0 Å². The number of para-hydroxylation sites is 2. The number of hydrogen-bond donors (Lipinski definition) is 1. The fraction of sp³-hybridized carbons (Fsp3) is 0.368. The minimum Gasteiger partial charge on any atom is -0.489 e. The predicted molar refractivity (Wildman–Crippen MR) is 101 cm³/mol. The minimum atomic E-state index is -0.169. The molecule has 142 valence electrons. The number of rotatable bonds is 6. The van der Waals surface area contributed by atoms with Crippen LogP contribution >= 0.6 is 0 Å². The molecule has 8 nitrogen and oxygen atoms in total. The molecule has 2 heterocycles. The van der Waals surface area contributed by atoms with Crippen LogP contribution in [0, 0.1) is 0 Å². The highest BCUT2D eigenvalue weighted by Gasteiger charge is 2.22. The largest absolute Gasteiger partial charge is 0.489 e. The number of nitrogens with one attached hydrogen (secondary N) is 1. The molecular weight excluding hydrogens is 346 g/mol. The maximum atomic E-state index is 12.7. The summed E-state index contributed by atoms with van der Waals surface area (Å²) < 4.78 is 5.80. The molecule has 0 radical (unpaired) electrons. The SMILES string of the molecule is CC(C)Oc1ccccc1Nc1cc(C(=O)N2CCN(C=O)CC2)ncn1. The van der Waals surface area contributed by atoms with Crippen LogP contribution in [0.25, 0.3) is 0 Å². The highest BCUT2D eigenvalue weighted by molar-refractivity contribution is 5.93. The standard InChI is InChI=1S/C19H23N5O3/c1-14(2)27-17-6-4-3-5-15(17)22-18-11-16(20-12-21-18)19(26)24-9-7-23(13-25)8-10-24/h3-6,11-14H,7-10H2,1-2H3,(H,20,21,22). The van der Waals surface area contributed by atoms with Gasteiger partial charge in [0.1, 0.15) is 23.6 Å². The summed E-state index contributed by atoms with van der Waals surface area (Å²) in [6, 6.07) is 9.19. The highest BCUT2D eigenvalue weighted by atomic mass is 16.5. The van der Waals surface area contributed by atoms with E-state index in [0.717, 1.165) is 12.1 Å². The van der Waals surface area contributed by atoms with E-state index in [4.69, 9.17) is 4.74 Å². The van der Waals surface area contributed by atoms with Gasteiger partial charge >= 0.3 is 0 Å². The van der Waals surface area contributed by atoms with Gasteiger partial charge in [-0.3, -0.25) is 9.59 Å². The topological polar surface area (TPSA) is 87.7 Å². The molecule has 1 fully saturated rings. The van der Waals surface area contributed by atoms with Crippen molar-refractivity contribution in [1.29, 1.82) is 0 Å². The van der Waals surface area contributed by atoms with Crippen LogP contribution in [-0.2, 0) is 4.79 Å². The number of carbonyl (C=O) groups excluding carboxylic acids is 2. The summed E-state index contributed by atoms with van der Waals surface area (Å²) >= 11 is 0. The van der Waals surface area contributed by atoms with Crippen molar-refractivity contribution in [1.82, 2.24) is 19.8 Å². The van der Waals surface area contributed by atoms with Crippen LogP contribution in [-0.4, -0.2) is 64.4 Å². The first-order valence-electron chi connectivity index (χ1n) is 8.90. The van der Waals surface area contributed by atoms with Crippen LogP contribution in [0.4, 0.5) is 11.5 Å². The molecule has 0 saturated carbocycles. The fourth-order valence-corrected chi connectivity index (χ4v) is 2.80. The van der Waals surface area contributed by atoms with E-state index >= 15 is 0 Å². The number of anilines is 2. The highest BCUT2D eigenvalue weighted by Crippen LogP contribution is 2.27. The molecule has 0 unspecified atom stereocenters. The van der Waals surface area contributed by atoms with E-state index in [1.807, 2.05) is 38.1 Å². The molecule has 0 bridgehead atoms. The smallest absolute Gasteiger partial charge is 0.272 e. The van der Waals surface area contributed by atoms with Gasteiger partial charge in [-0.25, -0.2) is 9.97 Å². The maximum absolute atomic E-state index is 12.7. The maximum Gasteiger partial charge on any atom is 0.272 e. The molecule has 1 aromatic heterocycles. The zero-order valence-electron chi connectivity index (χ0n) is 15.5. The van der Waals surface area contributed by atoms with Crippen LogP contribution in [0.1, 0.15) is 24.3 Å². The van der Waals surface area contributed by atoms with Crippen molar-refractivity contribution >= 4 is 23.8 Å². The van der Waals surface area contributed by atoms with E-state index in [1.165, 1.54) is 6.33 Å². The zero-order valence-corrected chi connectivity index (χ0v) is 15.5. The van der Waals surface area contributed by atoms with Crippen molar-refractivity contribution in [3.63, 3.8) is 0 Å². The summed E-state index contributed by atoms with van der Waals surface area (Å²) in [6.45, 7) is 5.98. The molecule has 2 aromatic rings. The quantitative estimate of drug-likeness (QED) is 0.783. The van der Waals surface area contributed by atoms with E-state index in [-0.39, 0.29) is 12.0 Å². The van der Waals surface area contributed by atoms with Gasteiger partial charge in [0, 0.05) is 32.2 Å². The summed E-state index contributed by atoms with van der Waals surface area (Å²) in [7, 11) is 0. The Labute approximate surface area is 158 Å². The van der Waals surface area contributed by atoms with E-state index in [1.54, 1.807) is 15.9 Å². The zero-order chi connectivity index (χ0) is 19.2.